The number of carbonyl (C=O) groups excluding carboxylic acids is 2. The lowest BCUT2D eigenvalue weighted by Crippen LogP contribution is -2.15. The van der Waals surface area contributed by atoms with E-state index in [9.17, 15) is 9.59 Å². The SMILES string of the molecule is CCOC(=O)c1cccc2nc(Cc3ccc(-c4ccccc4C(N)=O)cc3)n(N)c12. The maximum atomic E-state index is 12.3. The van der Waals surface area contributed by atoms with Crippen LogP contribution in [0.3, 0.4) is 0 Å². The molecular formula is C24H22N4O3. The van der Waals surface area contributed by atoms with Crippen LogP contribution in [0.5, 0.6) is 0 Å². The minimum atomic E-state index is -0.464. The molecule has 0 bridgehead atoms. The number of para-hydroxylation sites is 1. The van der Waals surface area contributed by atoms with E-state index in [-0.39, 0.29) is 6.61 Å². The standard InChI is InChI=1S/C24H22N4O3/c1-2-31-24(30)19-8-5-9-20-22(19)28(26)21(27-20)14-15-10-12-16(13-11-15)17-6-3-4-7-18(17)23(25)29/h3-13H,2,14,26H2,1H3,(H2,25,29). The molecule has 0 atom stereocenters. The van der Waals surface area contributed by atoms with Gasteiger partial charge in [0.05, 0.1) is 17.7 Å². The molecule has 1 heterocycles. The summed E-state index contributed by atoms with van der Waals surface area (Å²) in [5, 5.41) is 0. The molecule has 0 aliphatic rings. The highest BCUT2D eigenvalue weighted by Gasteiger charge is 2.18. The van der Waals surface area contributed by atoms with Crippen molar-refractivity contribution in [3.63, 3.8) is 0 Å². The molecule has 0 spiro atoms. The van der Waals surface area contributed by atoms with Gasteiger partial charge in [-0.05, 0) is 41.8 Å². The zero-order valence-corrected chi connectivity index (χ0v) is 17.0. The van der Waals surface area contributed by atoms with Crippen molar-refractivity contribution < 1.29 is 14.3 Å². The number of hydrogen-bond donors (Lipinski definition) is 2. The second kappa shape index (κ2) is 8.31. The Morgan fingerprint density at radius 3 is 2.39 bits per heavy atom. The molecule has 0 unspecified atom stereocenters. The molecule has 0 fully saturated rings. The van der Waals surface area contributed by atoms with E-state index in [1.165, 1.54) is 4.68 Å². The van der Waals surface area contributed by atoms with E-state index >= 15 is 0 Å². The van der Waals surface area contributed by atoms with E-state index in [0.29, 0.717) is 34.4 Å². The third-order valence-corrected chi connectivity index (χ3v) is 5.10. The number of hydrogen-bond acceptors (Lipinski definition) is 5. The molecule has 4 N–H and O–H groups in total. The zero-order chi connectivity index (χ0) is 22.0. The summed E-state index contributed by atoms with van der Waals surface area (Å²) in [5.41, 5.74) is 10.2. The summed E-state index contributed by atoms with van der Waals surface area (Å²) >= 11 is 0. The number of amides is 1. The Bertz CT molecular complexity index is 1280. The molecule has 0 radical (unpaired) electrons. The van der Waals surface area contributed by atoms with Crippen molar-refractivity contribution in [1.82, 2.24) is 9.66 Å². The molecule has 0 aliphatic carbocycles. The van der Waals surface area contributed by atoms with Gasteiger partial charge < -0.3 is 16.3 Å². The van der Waals surface area contributed by atoms with Gasteiger partial charge in [0.1, 0.15) is 11.3 Å². The number of rotatable bonds is 6. The maximum absolute atomic E-state index is 12.3. The summed E-state index contributed by atoms with van der Waals surface area (Å²) in [6.45, 7) is 2.04. The second-order valence-electron chi connectivity index (χ2n) is 7.08. The first-order valence-electron chi connectivity index (χ1n) is 9.90. The van der Waals surface area contributed by atoms with Crippen LogP contribution in [-0.2, 0) is 11.2 Å². The van der Waals surface area contributed by atoms with Crippen molar-refractivity contribution in [2.75, 3.05) is 12.4 Å². The van der Waals surface area contributed by atoms with Gasteiger partial charge in [-0.25, -0.2) is 14.5 Å². The number of carbonyl (C=O) groups is 2. The molecular weight excluding hydrogens is 392 g/mol. The summed E-state index contributed by atoms with van der Waals surface area (Å²) in [6.07, 6.45) is 0.477. The molecule has 0 saturated carbocycles. The molecule has 7 heteroatoms. The Balaban J connectivity index is 1.65. The van der Waals surface area contributed by atoms with Crippen molar-refractivity contribution in [3.8, 4) is 11.1 Å². The van der Waals surface area contributed by atoms with Gasteiger partial charge in [0.15, 0.2) is 0 Å². The molecule has 31 heavy (non-hydrogen) atoms. The lowest BCUT2D eigenvalue weighted by atomic mass is 9.98. The Morgan fingerprint density at radius 2 is 1.68 bits per heavy atom. The van der Waals surface area contributed by atoms with Crippen molar-refractivity contribution in [2.45, 2.75) is 13.3 Å². The summed E-state index contributed by atoms with van der Waals surface area (Å²) in [7, 11) is 0. The molecule has 156 valence electrons. The van der Waals surface area contributed by atoms with E-state index in [0.717, 1.165) is 16.7 Å². The molecule has 0 saturated heterocycles. The van der Waals surface area contributed by atoms with Gasteiger partial charge in [0.2, 0.25) is 5.91 Å². The van der Waals surface area contributed by atoms with E-state index in [1.54, 1.807) is 31.2 Å². The highest BCUT2D eigenvalue weighted by atomic mass is 16.5. The molecule has 4 aromatic rings. The van der Waals surface area contributed by atoms with Crippen LogP contribution in [0.4, 0.5) is 0 Å². The van der Waals surface area contributed by atoms with Crippen LogP contribution in [0, 0.1) is 0 Å². The predicted molar refractivity (Wildman–Crippen MR) is 119 cm³/mol. The molecule has 7 nitrogen and oxygen atoms in total. The van der Waals surface area contributed by atoms with E-state index in [4.69, 9.17) is 16.3 Å². The molecule has 0 aliphatic heterocycles. The number of ether oxygens (including phenoxy) is 1. The molecule has 1 amide bonds. The molecule has 3 aromatic carbocycles. The van der Waals surface area contributed by atoms with Gasteiger partial charge in [0.25, 0.3) is 0 Å². The molecule has 4 rings (SSSR count). The Hall–Kier alpha value is -4.13. The minimum absolute atomic E-state index is 0.284. The van der Waals surface area contributed by atoms with Gasteiger partial charge >= 0.3 is 5.97 Å². The number of benzene rings is 3. The van der Waals surface area contributed by atoms with E-state index < -0.39 is 11.9 Å². The van der Waals surface area contributed by atoms with Crippen LogP contribution in [0.1, 0.15) is 39.0 Å². The zero-order valence-electron chi connectivity index (χ0n) is 17.0. The number of fused-ring (bicyclic) bond motifs is 1. The van der Waals surface area contributed by atoms with Gasteiger partial charge in [-0.3, -0.25) is 4.79 Å². The first-order valence-corrected chi connectivity index (χ1v) is 9.90. The van der Waals surface area contributed by atoms with Gasteiger partial charge in [0, 0.05) is 12.0 Å². The second-order valence-corrected chi connectivity index (χ2v) is 7.08. The van der Waals surface area contributed by atoms with Crippen molar-refractivity contribution in [1.29, 1.82) is 0 Å². The van der Waals surface area contributed by atoms with Crippen molar-refractivity contribution in [2.24, 2.45) is 5.73 Å². The van der Waals surface area contributed by atoms with E-state index in [1.807, 2.05) is 42.5 Å². The van der Waals surface area contributed by atoms with Crippen LogP contribution in [0.15, 0.2) is 66.7 Å². The lowest BCUT2D eigenvalue weighted by molar-refractivity contribution is 0.0528. The van der Waals surface area contributed by atoms with Gasteiger partial charge in [-0.2, -0.15) is 0 Å². The first-order chi connectivity index (χ1) is 15.0. The molecule has 1 aromatic heterocycles. The fourth-order valence-electron chi connectivity index (χ4n) is 3.63. The van der Waals surface area contributed by atoms with Crippen LogP contribution in [0.25, 0.3) is 22.2 Å². The number of esters is 1. The summed E-state index contributed by atoms with van der Waals surface area (Å²) in [6, 6.07) is 20.3. The number of nitrogens with zero attached hydrogens (tertiary/aromatic N) is 2. The smallest absolute Gasteiger partial charge is 0.340 e. The number of nitrogens with two attached hydrogens (primary N) is 2. The number of nitrogen functional groups attached to an aromatic ring is 1. The number of imidazole rings is 1. The van der Waals surface area contributed by atoms with Crippen LogP contribution >= 0.6 is 0 Å². The summed E-state index contributed by atoms with van der Waals surface area (Å²) in [4.78, 5) is 28.6. The highest BCUT2D eigenvalue weighted by molar-refractivity contribution is 6.02. The maximum Gasteiger partial charge on any atom is 0.340 e. The third-order valence-electron chi connectivity index (χ3n) is 5.10. The highest BCUT2D eigenvalue weighted by Crippen LogP contribution is 2.25. The Labute approximate surface area is 179 Å². The summed E-state index contributed by atoms with van der Waals surface area (Å²) in [5.74, 6) is 6.02. The van der Waals surface area contributed by atoms with E-state index in [2.05, 4.69) is 4.98 Å². The Kier molecular flexibility index (Phi) is 5.41. The van der Waals surface area contributed by atoms with Crippen LogP contribution < -0.4 is 11.6 Å². The largest absolute Gasteiger partial charge is 0.462 e. The number of primary amides is 1. The quantitative estimate of drug-likeness (QED) is 0.371. The fourth-order valence-corrected chi connectivity index (χ4v) is 3.63. The van der Waals surface area contributed by atoms with Crippen molar-refractivity contribution >= 4 is 22.9 Å². The minimum Gasteiger partial charge on any atom is -0.462 e. The average molecular weight is 414 g/mol. The van der Waals surface area contributed by atoms with Crippen LogP contribution in [-0.4, -0.2) is 28.1 Å². The fraction of sp³-hybridized carbons (Fsp3) is 0.125. The van der Waals surface area contributed by atoms with Gasteiger partial charge in [-0.1, -0.05) is 48.5 Å². The predicted octanol–water partition coefficient (Wildman–Crippen LogP) is 3.28. The monoisotopic (exact) mass is 414 g/mol. The first kappa shape index (κ1) is 20.2. The van der Waals surface area contributed by atoms with Crippen LogP contribution in [0.2, 0.25) is 0 Å². The number of aromatic nitrogens is 2. The third kappa shape index (κ3) is 3.85. The lowest BCUT2D eigenvalue weighted by Gasteiger charge is -2.09. The topological polar surface area (TPSA) is 113 Å². The van der Waals surface area contributed by atoms with Gasteiger partial charge in [-0.15, -0.1) is 0 Å². The average Bonchev–Trinajstić information content (AvgIpc) is 3.10. The normalized spacial score (nSPS) is 10.9. The van der Waals surface area contributed by atoms with Crippen molar-refractivity contribution in [3.05, 3.63) is 89.2 Å². The Morgan fingerprint density at radius 1 is 0.968 bits per heavy atom. The summed E-state index contributed by atoms with van der Waals surface area (Å²) < 4.78 is 6.57.